The molecule has 2 aliphatic rings. The largest absolute Gasteiger partial charge is 0.489 e. The normalized spacial score (nSPS) is 15.9. The van der Waals surface area contributed by atoms with Crippen LogP contribution in [0.2, 0.25) is 0 Å². The molecule has 1 saturated carbocycles. The van der Waals surface area contributed by atoms with Crippen LogP contribution in [0.5, 0.6) is 5.75 Å². The molecule has 7 rings (SSSR count). The zero-order valence-corrected chi connectivity index (χ0v) is 27.1. The zero-order chi connectivity index (χ0) is 32.2. The third-order valence-electron chi connectivity index (χ3n) is 8.90. The fourth-order valence-electron chi connectivity index (χ4n) is 6.24. The van der Waals surface area contributed by atoms with Crippen LogP contribution in [0.25, 0.3) is 11.3 Å². The molecule has 0 amide bonds. The molecule has 0 radical (unpaired) electrons. The molecule has 1 fully saturated rings. The van der Waals surface area contributed by atoms with Gasteiger partial charge in [-0.05, 0) is 77.9 Å². The molecule has 1 aliphatic heterocycles. The number of hydrogen-bond acceptors (Lipinski definition) is 8. The van der Waals surface area contributed by atoms with Gasteiger partial charge in [-0.2, -0.15) is 0 Å². The van der Waals surface area contributed by atoms with E-state index in [1.54, 1.807) is 47.7 Å². The Hall–Kier alpha value is -4.95. The number of fused-ring (bicyclic) bond motifs is 1. The van der Waals surface area contributed by atoms with E-state index in [1.165, 1.54) is 43.2 Å². The van der Waals surface area contributed by atoms with Crippen molar-refractivity contribution in [2.24, 2.45) is 0 Å². The number of ether oxygens (including phenoxy) is 3. The molecule has 2 heterocycles. The minimum atomic E-state index is -1.03. The van der Waals surface area contributed by atoms with E-state index in [0.29, 0.717) is 35.8 Å². The highest BCUT2D eigenvalue weighted by atomic mass is 32.1. The van der Waals surface area contributed by atoms with Gasteiger partial charge in [-0.3, -0.25) is 0 Å². The first-order chi connectivity index (χ1) is 23.0. The molecule has 0 bridgehead atoms. The van der Waals surface area contributed by atoms with E-state index in [4.69, 9.17) is 19.2 Å². The first-order valence-electron chi connectivity index (χ1n) is 16.1. The monoisotopic (exact) mass is 644 g/mol. The Morgan fingerprint density at radius 3 is 2.38 bits per heavy atom. The van der Waals surface area contributed by atoms with Crippen LogP contribution in [0.15, 0.2) is 102 Å². The number of hydrogen-bond donors (Lipinski definition) is 0. The molecule has 8 heteroatoms. The lowest BCUT2D eigenvalue weighted by atomic mass is 9.84. The standard InChI is InChI=1S/C39H36N2O5S/c1-41(23-26-11-17-31(18-12-26)36(42)45-38-34-10-6-5-9-33(34)37(43)46-38)39-40-35(25-47-39)30-19-21-32(22-20-30)44-24-27-13-15-29(16-14-27)28-7-3-2-4-8-28/h5-6,9-22,25,28,38H,2-4,7-8,23-24H2,1H3. The molecule has 0 spiro atoms. The molecule has 1 unspecified atom stereocenters. The molecule has 7 nitrogen and oxygen atoms in total. The third-order valence-corrected chi connectivity index (χ3v) is 9.86. The topological polar surface area (TPSA) is 78.0 Å². The van der Waals surface area contributed by atoms with Crippen molar-refractivity contribution in [3.63, 3.8) is 0 Å². The summed E-state index contributed by atoms with van der Waals surface area (Å²) >= 11 is 1.58. The van der Waals surface area contributed by atoms with E-state index in [0.717, 1.165) is 27.7 Å². The minimum Gasteiger partial charge on any atom is -0.489 e. The molecule has 0 N–H and O–H groups in total. The molecule has 0 saturated heterocycles. The Labute approximate surface area is 278 Å². The van der Waals surface area contributed by atoms with Crippen molar-refractivity contribution in [1.29, 1.82) is 0 Å². The molecular weight excluding hydrogens is 609 g/mol. The van der Waals surface area contributed by atoms with Crippen molar-refractivity contribution in [1.82, 2.24) is 4.98 Å². The summed E-state index contributed by atoms with van der Waals surface area (Å²) in [5, 5.41) is 2.95. The molecule has 5 aromatic rings. The zero-order valence-electron chi connectivity index (χ0n) is 26.3. The van der Waals surface area contributed by atoms with E-state index in [-0.39, 0.29) is 0 Å². The van der Waals surface area contributed by atoms with Crippen LogP contribution in [0.3, 0.4) is 0 Å². The number of benzene rings is 4. The maximum atomic E-state index is 12.8. The third kappa shape index (κ3) is 7.08. The minimum absolute atomic E-state index is 0.383. The number of carbonyl (C=O) groups is 2. The highest BCUT2D eigenvalue weighted by Crippen LogP contribution is 2.34. The summed E-state index contributed by atoms with van der Waals surface area (Å²) in [6.07, 6.45) is 5.66. The van der Waals surface area contributed by atoms with Crippen LogP contribution in [0.4, 0.5) is 5.13 Å². The van der Waals surface area contributed by atoms with Gasteiger partial charge in [-0.15, -0.1) is 11.3 Å². The van der Waals surface area contributed by atoms with Gasteiger partial charge in [0, 0.05) is 30.1 Å². The average Bonchev–Trinajstić information content (AvgIpc) is 3.74. The van der Waals surface area contributed by atoms with Crippen LogP contribution in [0.1, 0.15) is 87.3 Å². The van der Waals surface area contributed by atoms with Crippen molar-refractivity contribution in [3.05, 3.63) is 136 Å². The van der Waals surface area contributed by atoms with Crippen molar-refractivity contribution in [2.45, 2.75) is 57.5 Å². The lowest BCUT2D eigenvalue weighted by Gasteiger charge is -2.22. The Bertz CT molecular complexity index is 1840. The summed E-state index contributed by atoms with van der Waals surface area (Å²) in [6.45, 7) is 1.16. The quantitative estimate of drug-likeness (QED) is 0.140. The molecular formula is C39H36N2O5S. The number of carbonyl (C=O) groups excluding carboxylic acids is 2. The van der Waals surface area contributed by atoms with Crippen LogP contribution < -0.4 is 9.64 Å². The van der Waals surface area contributed by atoms with E-state index in [9.17, 15) is 9.59 Å². The highest BCUT2D eigenvalue weighted by molar-refractivity contribution is 7.14. The maximum absolute atomic E-state index is 12.8. The van der Waals surface area contributed by atoms with Crippen molar-refractivity contribution >= 4 is 28.4 Å². The van der Waals surface area contributed by atoms with E-state index >= 15 is 0 Å². The van der Waals surface area contributed by atoms with Gasteiger partial charge >= 0.3 is 11.9 Å². The second-order valence-corrected chi connectivity index (χ2v) is 13.0. The van der Waals surface area contributed by atoms with Gasteiger partial charge in [0.2, 0.25) is 0 Å². The van der Waals surface area contributed by atoms with Crippen LogP contribution >= 0.6 is 11.3 Å². The summed E-state index contributed by atoms with van der Waals surface area (Å²) in [7, 11) is 2.00. The fourth-order valence-corrected chi connectivity index (χ4v) is 7.04. The Kier molecular flexibility index (Phi) is 9.02. The van der Waals surface area contributed by atoms with E-state index in [2.05, 4.69) is 34.5 Å². The van der Waals surface area contributed by atoms with Gasteiger partial charge in [-0.1, -0.05) is 73.9 Å². The first kappa shape index (κ1) is 30.7. The first-order valence-corrected chi connectivity index (χ1v) is 17.0. The van der Waals surface area contributed by atoms with Gasteiger partial charge < -0.3 is 19.1 Å². The molecule has 238 valence electrons. The molecule has 1 atom stereocenters. The number of thiazole rings is 1. The second kappa shape index (κ2) is 13.8. The number of nitrogens with zero attached hydrogens (tertiary/aromatic N) is 2. The molecule has 1 aliphatic carbocycles. The predicted molar refractivity (Wildman–Crippen MR) is 183 cm³/mol. The number of esters is 2. The summed E-state index contributed by atoms with van der Waals surface area (Å²) < 4.78 is 16.8. The summed E-state index contributed by atoms with van der Waals surface area (Å²) in [6, 6.07) is 31.2. The molecule has 47 heavy (non-hydrogen) atoms. The Balaban J connectivity index is 0.905. The maximum Gasteiger partial charge on any atom is 0.342 e. The predicted octanol–water partition coefficient (Wildman–Crippen LogP) is 9.10. The van der Waals surface area contributed by atoms with Gasteiger partial charge in [0.05, 0.1) is 16.8 Å². The highest BCUT2D eigenvalue weighted by Gasteiger charge is 2.33. The summed E-state index contributed by atoms with van der Waals surface area (Å²) in [5.74, 6) is 0.506. The summed E-state index contributed by atoms with van der Waals surface area (Å²) in [4.78, 5) is 31.7. The van der Waals surface area contributed by atoms with E-state index < -0.39 is 18.2 Å². The number of aromatic nitrogens is 1. The average molecular weight is 645 g/mol. The van der Waals surface area contributed by atoms with Gasteiger partial charge in [-0.25, -0.2) is 14.6 Å². The van der Waals surface area contributed by atoms with Gasteiger partial charge in [0.1, 0.15) is 12.4 Å². The molecule has 1 aromatic heterocycles. The number of cyclic esters (lactones) is 1. The number of anilines is 1. The smallest absolute Gasteiger partial charge is 0.342 e. The second-order valence-electron chi connectivity index (χ2n) is 12.2. The SMILES string of the molecule is CN(Cc1ccc(C(=O)OC2OC(=O)c3ccccc32)cc1)c1nc(-c2ccc(OCc3ccc(C4CCCCC4)cc3)cc2)cs1. The van der Waals surface area contributed by atoms with Crippen LogP contribution in [0, 0.1) is 0 Å². The Morgan fingerprint density at radius 1 is 0.894 bits per heavy atom. The van der Waals surface area contributed by atoms with Crippen LogP contribution in [-0.2, 0) is 22.6 Å². The van der Waals surface area contributed by atoms with E-state index in [1.807, 2.05) is 43.4 Å². The van der Waals surface area contributed by atoms with Crippen molar-refractivity contribution < 1.29 is 23.8 Å². The lowest BCUT2D eigenvalue weighted by molar-refractivity contribution is -0.0724. The van der Waals surface area contributed by atoms with Crippen molar-refractivity contribution in [3.8, 4) is 17.0 Å². The van der Waals surface area contributed by atoms with Gasteiger partial charge in [0.15, 0.2) is 5.13 Å². The molecule has 4 aromatic carbocycles. The van der Waals surface area contributed by atoms with Gasteiger partial charge in [0.25, 0.3) is 6.29 Å². The van der Waals surface area contributed by atoms with Crippen molar-refractivity contribution in [2.75, 3.05) is 11.9 Å². The number of rotatable bonds is 10. The lowest BCUT2D eigenvalue weighted by Crippen LogP contribution is -2.16. The van der Waals surface area contributed by atoms with Crippen LogP contribution in [-0.4, -0.2) is 24.0 Å². The summed E-state index contributed by atoms with van der Waals surface area (Å²) in [5.41, 5.74) is 6.96. The fraction of sp³-hybridized carbons (Fsp3) is 0.256. The Morgan fingerprint density at radius 2 is 1.62 bits per heavy atom.